The summed E-state index contributed by atoms with van der Waals surface area (Å²) in [6.45, 7) is 3.02. The van der Waals surface area contributed by atoms with Crippen LogP contribution in [-0.2, 0) is 19.1 Å². The quantitative estimate of drug-likeness (QED) is 0.581. The molecule has 0 spiro atoms. The van der Waals surface area contributed by atoms with Crippen molar-refractivity contribution in [3.8, 4) is 0 Å². The SMILES string of the molecule is COC(=O)CCN1CN(CCC(=O)OC)C1. The fourth-order valence-corrected chi connectivity index (χ4v) is 1.51. The summed E-state index contributed by atoms with van der Waals surface area (Å²) < 4.78 is 9.10. The van der Waals surface area contributed by atoms with Crippen LogP contribution >= 0.6 is 0 Å². The molecule has 0 N–H and O–H groups in total. The third-order valence-corrected chi connectivity index (χ3v) is 2.52. The Morgan fingerprint density at radius 1 is 0.938 bits per heavy atom. The molecular weight excluding hydrogens is 212 g/mol. The molecule has 1 aliphatic heterocycles. The number of carbonyl (C=O) groups is 2. The van der Waals surface area contributed by atoms with E-state index >= 15 is 0 Å². The van der Waals surface area contributed by atoms with Crippen molar-refractivity contribution in [2.75, 3.05) is 40.6 Å². The van der Waals surface area contributed by atoms with Crippen LogP contribution in [0, 0.1) is 0 Å². The second-order valence-corrected chi connectivity index (χ2v) is 3.72. The lowest BCUT2D eigenvalue weighted by molar-refractivity contribution is -0.143. The highest BCUT2D eigenvalue weighted by Gasteiger charge is 2.24. The maximum Gasteiger partial charge on any atom is 0.306 e. The third-order valence-electron chi connectivity index (χ3n) is 2.52. The molecule has 16 heavy (non-hydrogen) atoms. The zero-order valence-electron chi connectivity index (χ0n) is 9.77. The summed E-state index contributed by atoms with van der Waals surface area (Å²) in [6.07, 6.45) is 0.836. The van der Waals surface area contributed by atoms with Crippen molar-refractivity contribution >= 4 is 11.9 Å². The maximum absolute atomic E-state index is 10.9. The first-order chi connectivity index (χ1) is 7.65. The van der Waals surface area contributed by atoms with Crippen LogP contribution in [0.1, 0.15) is 12.8 Å². The molecular formula is C10H18N2O4. The molecule has 0 aromatic carbocycles. The minimum atomic E-state index is -0.187. The van der Waals surface area contributed by atoms with E-state index in [2.05, 4.69) is 19.3 Å². The molecule has 92 valence electrons. The number of hydrogen-bond acceptors (Lipinski definition) is 6. The lowest BCUT2D eigenvalue weighted by Gasteiger charge is -2.42. The Kier molecular flexibility index (Phi) is 5.21. The van der Waals surface area contributed by atoms with Gasteiger partial charge in [0.15, 0.2) is 0 Å². The Hall–Kier alpha value is -1.14. The predicted octanol–water partition coefficient (Wildman–Crippen LogP) is -0.355. The summed E-state index contributed by atoms with van der Waals surface area (Å²) in [5, 5.41) is 0. The first kappa shape index (κ1) is 12.9. The molecule has 6 nitrogen and oxygen atoms in total. The average molecular weight is 230 g/mol. The summed E-state index contributed by atoms with van der Waals surface area (Å²) in [4.78, 5) is 26.0. The van der Waals surface area contributed by atoms with Crippen LogP contribution in [0.5, 0.6) is 0 Å². The topological polar surface area (TPSA) is 59.1 Å². The molecule has 0 aliphatic carbocycles. The molecule has 0 aromatic rings. The number of ether oxygens (including phenoxy) is 2. The summed E-state index contributed by atoms with van der Waals surface area (Å²) in [6, 6.07) is 0. The zero-order chi connectivity index (χ0) is 12.0. The minimum absolute atomic E-state index is 0.187. The summed E-state index contributed by atoms with van der Waals surface area (Å²) in [5.74, 6) is -0.374. The lowest BCUT2D eigenvalue weighted by Crippen LogP contribution is -2.55. The molecule has 1 heterocycles. The normalized spacial score (nSPS) is 16.6. The number of carbonyl (C=O) groups excluding carboxylic acids is 2. The van der Waals surface area contributed by atoms with Crippen LogP contribution in [-0.4, -0.2) is 62.4 Å². The lowest BCUT2D eigenvalue weighted by atomic mass is 10.3. The number of methoxy groups -OCH3 is 2. The van der Waals surface area contributed by atoms with Gasteiger partial charge in [-0.1, -0.05) is 0 Å². The predicted molar refractivity (Wildman–Crippen MR) is 56.4 cm³/mol. The van der Waals surface area contributed by atoms with Crippen LogP contribution in [0.25, 0.3) is 0 Å². The molecule has 1 rings (SSSR count). The summed E-state index contributed by atoms with van der Waals surface area (Å²) in [5.41, 5.74) is 0. The summed E-state index contributed by atoms with van der Waals surface area (Å²) in [7, 11) is 2.78. The van der Waals surface area contributed by atoms with E-state index in [0.717, 1.165) is 13.3 Å². The van der Waals surface area contributed by atoms with Crippen molar-refractivity contribution in [2.45, 2.75) is 12.8 Å². The van der Waals surface area contributed by atoms with E-state index in [-0.39, 0.29) is 11.9 Å². The minimum Gasteiger partial charge on any atom is -0.469 e. The molecule has 1 fully saturated rings. The van der Waals surface area contributed by atoms with Crippen LogP contribution in [0.2, 0.25) is 0 Å². The van der Waals surface area contributed by atoms with E-state index in [1.807, 2.05) is 0 Å². The van der Waals surface area contributed by atoms with Crippen molar-refractivity contribution in [1.29, 1.82) is 0 Å². The molecule has 0 bridgehead atoms. The second-order valence-electron chi connectivity index (χ2n) is 3.72. The van der Waals surface area contributed by atoms with Crippen LogP contribution in [0.3, 0.4) is 0 Å². The first-order valence-electron chi connectivity index (χ1n) is 5.24. The maximum atomic E-state index is 10.9. The Morgan fingerprint density at radius 3 is 1.62 bits per heavy atom. The highest BCUT2D eigenvalue weighted by molar-refractivity contribution is 5.69. The Labute approximate surface area is 95.1 Å². The number of esters is 2. The summed E-state index contributed by atoms with van der Waals surface area (Å²) >= 11 is 0. The van der Waals surface area contributed by atoms with E-state index in [9.17, 15) is 9.59 Å². The van der Waals surface area contributed by atoms with Gasteiger partial charge in [0.05, 0.1) is 40.4 Å². The monoisotopic (exact) mass is 230 g/mol. The van der Waals surface area contributed by atoms with Crippen molar-refractivity contribution in [3.63, 3.8) is 0 Å². The average Bonchev–Trinajstić information content (AvgIpc) is 2.25. The van der Waals surface area contributed by atoms with Gasteiger partial charge in [-0.05, 0) is 0 Å². The smallest absolute Gasteiger partial charge is 0.306 e. The Bertz CT molecular complexity index is 227. The van der Waals surface area contributed by atoms with Gasteiger partial charge < -0.3 is 9.47 Å². The largest absolute Gasteiger partial charge is 0.469 e. The van der Waals surface area contributed by atoms with Gasteiger partial charge >= 0.3 is 11.9 Å². The van der Waals surface area contributed by atoms with Gasteiger partial charge in [0, 0.05) is 13.1 Å². The van der Waals surface area contributed by atoms with E-state index in [1.54, 1.807) is 0 Å². The van der Waals surface area contributed by atoms with Gasteiger partial charge in [-0.3, -0.25) is 19.4 Å². The number of rotatable bonds is 6. The van der Waals surface area contributed by atoms with Crippen LogP contribution in [0.15, 0.2) is 0 Å². The standard InChI is InChI=1S/C10H18N2O4/c1-15-9(13)3-5-11-7-12(8-11)6-4-10(14)16-2/h3-8H2,1-2H3. The van der Waals surface area contributed by atoms with E-state index in [4.69, 9.17) is 0 Å². The molecule has 0 amide bonds. The van der Waals surface area contributed by atoms with Gasteiger partial charge in [-0.25, -0.2) is 0 Å². The Morgan fingerprint density at radius 2 is 1.31 bits per heavy atom. The Balaban J connectivity index is 2.00. The van der Waals surface area contributed by atoms with Crippen molar-refractivity contribution in [2.24, 2.45) is 0 Å². The zero-order valence-corrected chi connectivity index (χ0v) is 9.77. The highest BCUT2D eigenvalue weighted by atomic mass is 16.5. The molecule has 0 unspecified atom stereocenters. The molecule has 0 atom stereocenters. The molecule has 6 heteroatoms. The van der Waals surface area contributed by atoms with E-state index in [0.29, 0.717) is 25.9 Å². The molecule has 0 radical (unpaired) electrons. The van der Waals surface area contributed by atoms with Gasteiger partial charge in [0.2, 0.25) is 0 Å². The highest BCUT2D eigenvalue weighted by Crippen LogP contribution is 2.09. The first-order valence-corrected chi connectivity index (χ1v) is 5.24. The van der Waals surface area contributed by atoms with Gasteiger partial charge in [0.25, 0.3) is 0 Å². The van der Waals surface area contributed by atoms with Crippen LogP contribution < -0.4 is 0 Å². The third kappa shape index (κ3) is 4.16. The molecule has 0 aromatic heterocycles. The van der Waals surface area contributed by atoms with Gasteiger partial charge in [0.1, 0.15) is 0 Å². The molecule has 1 aliphatic rings. The van der Waals surface area contributed by atoms with Gasteiger partial charge in [-0.15, -0.1) is 0 Å². The number of nitrogens with zero attached hydrogens (tertiary/aromatic N) is 2. The molecule has 1 saturated heterocycles. The van der Waals surface area contributed by atoms with Crippen molar-refractivity contribution < 1.29 is 19.1 Å². The fraction of sp³-hybridized carbons (Fsp3) is 0.800. The van der Waals surface area contributed by atoms with Crippen LogP contribution in [0.4, 0.5) is 0 Å². The fourth-order valence-electron chi connectivity index (χ4n) is 1.51. The van der Waals surface area contributed by atoms with Crippen molar-refractivity contribution in [3.05, 3.63) is 0 Å². The van der Waals surface area contributed by atoms with Crippen molar-refractivity contribution in [1.82, 2.24) is 9.80 Å². The van der Waals surface area contributed by atoms with Gasteiger partial charge in [-0.2, -0.15) is 0 Å². The van der Waals surface area contributed by atoms with E-state index in [1.165, 1.54) is 14.2 Å². The second kappa shape index (κ2) is 6.44. The van der Waals surface area contributed by atoms with E-state index < -0.39 is 0 Å². The number of hydrogen-bond donors (Lipinski definition) is 0. The molecule has 0 saturated carbocycles.